The molecule has 3 N–H and O–H groups in total. The van der Waals surface area contributed by atoms with E-state index in [1.807, 2.05) is 24.3 Å². The monoisotopic (exact) mass is 588 g/mol. The third-order valence-corrected chi connectivity index (χ3v) is 9.36. The average Bonchev–Trinajstić information content (AvgIpc) is 3.66. The molecule has 40 heavy (non-hydrogen) atoms. The molecule has 1 unspecified atom stereocenters. The topological polar surface area (TPSA) is 153 Å². The number of methoxy groups -OCH3 is 2. The van der Waals surface area contributed by atoms with E-state index in [1.54, 1.807) is 25.3 Å². The number of sulfone groups is 1. The van der Waals surface area contributed by atoms with Gasteiger partial charge in [-0.15, -0.1) is 11.3 Å². The Labute approximate surface area is 236 Å². The summed E-state index contributed by atoms with van der Waals surface area (Å²) >= 11 is 1.11. The Morgan fingerprint density at radius 1 is 1.00 bits per heavy atom. The van der Waals surface area contributed by atoms with Gasteiger partial charge in [0, 0.05) is 32.4 Å². The van der Waals surface area contributed by atoms with Crippen molar-refractivity contribution in [2.75, 3.05) is 46.3 Å². The molecule has 0 aliphatic heterocycles. The standard InChI is InChI=1S/C27H32N4O7S2/c1-37-12-11-28-25(33)18-5-3-17(4-6-18)19-7-10-21-22(15-19)39-27(31-21)24(40(35,36)14-13-38-2)26(34)29-16-23(32)30-20-8-9-20/h3-7,10,15,20,24H,8-9,11-14,16H2,1-2H3,(H,28,33)(H,29,34)(H,30,32). The third kappa shape index (κ3) is 7.62. The number of carbonyl (C=O) groups excluding carboxylic acids is 3. The van der Waals surface area contributed by atoms with Crippen molar-refractivity contribution in [2.45, 2.75) is 24.1 Å². The maximum atomic E-state index is 13.2. The van der Waals surface area contributed by atoms with E-state index in [-0.39, 0.29) is 41.8 Å². The van der Waals surface area contributed by atoms with Gasteiger partial charge in [0.05, 0.1) is 35.7 Å². The number of carbonyl (C=O) groups is 3. The first-order valence-corrected chi connectivity index (χ1v) is 15.3. The molecule has 1 fully saturated rings. The van der Waals surface area contributed by atoms with E-state index < -0.39 is 21.0 Å². The zero-order valence-corrected chi connectivity index (χ0v) is 23.9. The van der Waals surface area contributed by atoms with Crippen molar-refractivity contribution < 1.29 is 32.3 Å². The van der Waals surface area contributed by atoms with Gasteiger partial charge in [-0.05, 0) is 48.2 Å². The molecule has 11 nitrogen and oxygen atoms in total. The molecular formula is C27H32N4O7S2. The molecule has 0 radical (unpaired) electrons. The van der Waals surface area contributed by atoms with E-state index in [0.29, 0.717) is 28.9 Å². The Hall–Kier alpha value is -3.39. The molecule has 1 aromatic heterocycles. The van der Waals surface area contributed by atoms with E-state index >= 15 is 0 Å². The highest BCUT2D eigenvalue weighted by Crippen LogP contribution is 2.34. The largest absolute Gasteiger partial charge is 0.384 e. The van der Waals surface area contributed by atoms with Crippen LogP contribution in [-0.2, 0) is 28.9 Å². The zero-order valence-electron chi connectivity index (χ0n) is 22.3. The summed E-state index contributed by atoms with van der Waals surface area (Å²) < 4.78 is 37.0. The van der Waals surface area contributed by atoms with Crippen LogP contribution in [0.15, 0.2) is 42.5 Å². The second-order valence-electron chi connectivity index (χ2n) is 9.36. The van der Waals surface area contributed by atoms with Gasteiger partial charge >= 0.3 is 0 Å². The smallest absolute Gasteiger partial charge is 0.251 e. The van der Waals surface area contributed by atoms with Crippen molar-refractivity contribution >= 4 is 49.1 Å². The number of hydrogen-bond acceptors (Lipinski definition) is 9. The normalized spacial score (nSPS) is 14.1. The van der Waals surface area contributed by atoms with Crippen molar-refractivity contribution in [1.82, 2.24) is 20.9 Å². The molecule has 1 atom stereocenters. The molecule has 2 aromatic carbocycles. The lowest BCUT2D eigenvalue weighted by atomic mass is 10.0. The summed E-state index contributed by atoms with van der Waals surface area (Å²) in [4.78, 5) is 41.9. The molecule has 0 bridgehead atoms. The highest BCUT2D eigenvalue weighted by atomic mass is 32.2. The molecule has 1 heterocycles. The number of thiazole rings is 1. The van der Waals surface area contributed by atoms with Crippen molar-refractivity contribution in [3.8, 4) is 11.1 Å². The predicted molar refractivity (Wildman–Crippen MR) is 152 cm³/mol. The summed E-state index contributed by atoms with van der Waals surface area (Å²) in [5.74, 6) is -1.74. The number of nitrogens with zero attached hydrogens (tertiary/aromatic N) is 1. The van der Waals surface area contributed by atoms with Gasteiger partial charge in [-0.1, -0.05) is 18.2 Å². The van der Waals surface area contributed by atoms with Gasteiger partial charge in [-0.3, -0.25) is 14.4 Å². The van der Waals surface area contributed by atoms with Crippen LogP contribution in [0.1, 0.15) is 33.5 Å². The summed E-state index contributed by atoms with van der Waals surface area (Å²) in [6, 6.07) is 12.7. The Morgan fingerprint density at radius 3 is 2.38 bits per heavy atom. The summed E-state index contributed by atoms with van der Waals surface area (Å²) in [5, 5.41) is 6.54. The lowest BCUT2D eigenvalue weighted by Gasteiger charge is -2.15. The van der Waals surface area contributed by atoms with Crippen LogP contribution in [0.5, 0.6) is 0 Å². The number of amides is 3. The third-order valence-electron chi connectivity index (χ3n) is 6.24. The minimum absolute atomic E-state index is 0.0796. The second kappa shape index (κ2) is 13.3. The number of aromatic nitrogens is 1. The fourth-order valence-electron chi connectivity index (χ4n) is 3.93. The van der Waals surface area contributed by atoms with Gasteiger partial charge in [0.15, 0.2) is 15.1 Å². The number of benzene rings is 2. The average molecular weight is 589 g/mol. The van der Waals surface area contributed by atoms with Gasteiger partial charge < -0.3 is 25.4 Å². The fourth-order valence-corrected chi connectivity index (χ4v) is 6.91. The molecular weight excluding hydrogens is 556 g/mol. The molecule has 1 aliphatic carbocycles. The van der Waals surface area contributed by atoms with E-state index in [4.69, 9.17) is 9.47 Å². The fraction of sp³-hybridized carbons (Fsp3) is 0.407. The summed E-state index contributed by atoms with van der Waals surface area (Å²) in [7, 11) is -1.05. The van der Waals surface area contributed by atoms with E-state index in [1.165, 1.54) is 7.11 Å². The van der Waals surface area contributed by atoms with Crippen LogP contribution in [-0.4, -0.2) is 83.4 Å². The zero-order chi connectivity index (χ0) is 28.7. The molecule has 214 valence electrons. The molecule has 1 aliphatic rings. The minimum atomic E-state index is -3.99. The molecule has 4 rings (SSSR count). The highest BCUT2D eigenvalue weighted by molar-refractivity contribution is 7.92. The van der Waals surface area contributed by atoms with Crippen LogP contribution < -0.4 is 16.0 Å². The van der Waals surface area contributed by atoms with Crippen LogP contribution in [0.3, 0.4) is 0 Å². The van der Waals surface area contributed by atoms with Gasteiger partial charge in [0.2, 0.25) is 11.8 Å². The van der Waals surface area contributed by atoms with Crippen molar-refractivity contribution in [3.05, 3.63) is 53.0 Å². The summed E-state index contributed by atoms with van der Waals surface area (Å²) in [6.45, 7) is 0.437. The Morgan fingerprint density at radius 2 is 1.70 bits per heavy atom. The second-order valence-corrected chi connectivity index (χ2v) is 12.6. The van der Waals surface area contributed by atoms with Gasteiger partial charge in [0.1, 0.15) is 5.01 Å². The van der Waals surface area contributed by atoms with E-state index in [2.05, 4.69) is 20.9 Å². The first kappa shape index (κ1) is 29.6. The molecule has 0 saturated heterocycles. The van der Waals surface area contributed by atoms with Crippen molar-refractivity contribution in [3.63, 3.8) is 0 Å². The van der Waals surface area contributed by atoms with Crippen LogP contribution in [0.2, 0.25) is 0 Å². The van der Waals surface area contributed by atoms with Gasteiger partial charge in [0.25, 0.3) is 5.91 Å². The number of ether oxygens (including phenoxy) is 2. The van der Waals surface area contributed by atoms with Gasteiger partial charge in [-0.2, -0.15) is 0 Å². The molecule has 13 heteroatoms. The SMILES string of the molecule is COCCNC(=O)c1ccc(-c2ccc3nc(C(C(=O)NCC(=O)NC4CC4)S(=O)(=O)CCOC)sc3c2)cc1. The molecule has 0 spiro atoms. The summed E-state index contributed by atoms with van der Waals surface area (Å²) in [5.41, 5.74) is 2.76. The van der Waals surface area contributed by atoms with Crippen LogP contribution in [0.4, 0.5) is 0 Å². The number of nitrogens with one attached hydrogen (secondary N) is 3. The number of fused-ring (bicyclic) bond motifs is 1. The lowest BCUT2D eigenvalue weighted by molar-refractivity contribution is -0.126. The van der Waals surface area contributed by atoms with Crippen LogP contribution in [0.25, 0.3) is 21.3 Å². The maximum Gasteiger partial charge on any atom is 0.251 e. The number of hydrogen-bond donors (Lipinski definition) is 3. The minimum Gasteiger partial charge on any atom is -0.384 e. The van der Waals surface area contributed by atoms with E-state index in [9.17, 15) is 22.8 Å². The summed E-state index contributed by atoms with van der Waals surface area (Å²) in [6.07, 6.45) is 1.80. The van der Waals surface area contributed by atoms with Crippen LogP contribution in [0, 0.1) is 0 Å². The Kier molecular flexibility index (Phi) is 9.85. The highest BCUT2D eigenvalue weighted by Gasteiger charge is 2.37. The molecule has 3 aromatic rings. The van der Waals surface area contributed by atoms with Crippen LogP contribution >= 0.6 is 11.3 Å². The maximum absolute atomic E-state index is 13.2. The first-order valence-electron chi connectivity index (χ1n) is 12.8. The van der Waals surface area contributed by atoms with Crippen molar-refractivity contribution in [1.29, 1.82) is 0 Å². The number of rotatable bonds is 14. The molecule has 1 saturated carbocycles. The van der Waals surface area contributed by atoms with Gasteiger partial charge in [-0.25, -0.2) is 13.4 Å². The first-order chi connectivity index (χ1) is 19.2. The Balaban J connectivity index is 1.55. The lowest BCUT2D eigenvalue weighted by Crippen LogP contribution is -2.41. The van der Waals surface area contributed by atoms with E-state index in [0.717, 1.165) is 35.3 Å². The molecule has 3 amide bonds. The van der Waals surface area contributed by atoms with Crippen molar-refractivity contribution in [2.24, 2.45) is 0 Å². The Bertz CT molecular complexity index is 1470. The quantitative estimate of drug-likeness (QED) is 0.241. The predicted octanol–water partition coefficient (Wildman–Crippen LogP) is 1.84.